The van der Waals surface area contributed by atoms with Crippen LogP contribution in [0.5, 0.6) is 0 Å². The number of amides is 4. The molecule has 25 heavy (non-hydrogen) atoms. The first-order valence-corrected chi connectivity index (χ1v) is 8.61. The van der Waals surface area contributed by atoms with Crippen molar-refractivity contribution < 1.29 is 23.9 Å². The number of thiophene rings is 1. The summed E-state index contributed by atoms with van der Waals surface area (Å²) in [5.74, 6) is -1.56. The van der Waals surface area contributed by atoms with Gasteiger partial charge in [-0.1, -0.05) is 0 Å². The van der Waals surface area contributed by atoms with Gasteiger partial charge in [-0.2, -0.15) is 0 Å². The van der Waals surface area contributed by atoms with Crippen LogP contribution in [0, 0.1) is 13.8 Å². The van der Waals surface area contributed by atoms with E-state index in [0.29, 0.717) is 10.6 Å². The molecule has 0 bridgehead atoms. The Balaban J connectivity index is 2.16. The van der Waals surface area contributed by atoms with E-state index in [9.17, 15) is 19.2 Å². The SMILES string of the molecule is CCOC(=O)c1c(NC(=O)CN2C(=O)NC(C)(C)C2=O)sc(C)c1C. The average molecular weight is 367 g/mol. The maximum absolute atomic E-state index is 12.3. The number of nitrogens with one attached hydrogen (secondary N) is 2. The van der Waals surface area contributed by atoms with Gasteiger partial charge in [0.25, 0.3) is 5.91 Å². The highest BCUT2D eigenvalue weighted by atomic mass is 32.1. The predicted octanol–water partition coefficient (Wildman–Crippen LogP) is 1.81. The topological polar surface area (TPSA) is 105 Å². The van der Waals surface area contributed by atoms with E-state index in [4.69, 9.17) is 4.74 Å². The van der Waals surface area contributed by atoms with Crippen molar-refractivity contribution >= 4 is 40.2 Å². The third-order valence-electron chi connectivity index (χ3n) is 3.86. The van der Waals surface area contributed by atoms with E-state index in [0.717, 1.165) is 15.3 Å². The van der Waals surface area contributed by atoms with Gasteiger partial charge in [0.1, 0.15) is 17.1 Å². The maximum atomic E-state index is 12.3. The average Bonchev–Trinajstić information content (AvgIpc) is 2.87. The lowest BCUT2D eigenvalue weighted by Gasteiger charge is -2.15. The second-order valence-electron chi connectivity index (χ2n) is 6.20. The second-order valence-corrected chi connectivity index (χ2v) is 7.43. The van der Waals surface area contributed by atoms with Crippen LogP contribution >= 0.6 is 11.3 Å². The summed E-state index contributed by atoms with van der Waals surface area (Å²) in [6.45, 7) is 8.23. The molecular formula is C16H21N3O5S. The molecule has 2 N–H and O–H groups in total. The molecule has 1 aromatic heterocycles. The summed E-state index contributed by atoms with van der Waals surface area (Å²) in [6.07, 6.45) is 0. The van der Waals surface area contributed by atoms with Gasteiger partial charge in [0.2, 0.25) is 5.91 Å². The van der Waals surface area contributed by atoms with Crippen molar-refractivity contribution in [1.29, 1.82) is 0 Å². The molecule has 0 radical (unpaired) electrons. The van der Waals surface area contributed by atoms with Crippen molar-refractivity contribution in [3.05, 3.63) is 16.0 Å². The van der Waals surface area contributed by atoms with Gasteiger partial charge in [0.05, 0.1) is 12.2 Å². The Morgan fingerprint density at radius 2 is 1.92 bits per heavy atom. The van der Waals surface area contributed by atoms with Crippen LogP contribution in [0.2, 0.25) is 0 Å². The molecule has 8 nitrogen and oxygen atoms in total. The Morgan fingerprint density at radius 1 is 1.28 bits per heavy atom. The fourth-order valence-corrected chi connectivity index (χ4v) is 3.50. The lowest BCUT2D eigenvalue weighted by atomic mass is 10.1. The molecular weight excluding hydrogens is 346 g/mol. The van der Waals surface area contributed by atoms with Gasteiger partial charge in [-0.05, 0) is 40.2 Å². The monoisotopic (exact) mass is 367 g/mol. The Labute approximate surface area is 149 Å². The maximum Gasteiger partial charge on any atom is 0.341 e. The molecule has 1 aromatic rings. The summed E-state index contributed by atoms with van der Waals surface area (Å²) in [6, 6.07) is -0.616. The number of hydrogen-bond acceptors (Lipinski definition) is 6. The largest absolute Gasteiger partial charge is 0.462 e. The zero-order valence-corrected chi connectivity index (χ0v) is 15.6. The number of imide groups is 1. The molecule has 1 aliphatic heterocycles. The first-order chi connectivity index (χ1) is 11.6. The van der Waals surface area contributed by atoms with Crippen LogP contribution in [0.1, 0.15) is 41.6 Å². The molecule has 1 saturated heterocycles. The number of urea groups is 1. The zero-order chi connectivity index (χ0) is 18.9. The number of carbonyl (C=O) groups excluding carboxylic acids is 4. The second kappa shape index (κ2) is 6.83. The summed E-state index contributed by atoms with van der Waals surface area (Å²) in [7, 11) is 0. The van der Waals surface area contributed by atoms with Gasteiger partial charge in [0, 0.05) is 4.88 Å². The molecule has 0 spiro atoms. The highest BCUT2D eigenvalue weighted by molar-refractivity contribution is 7.16. The highest BCUT2D eigenvalue weighted by Crippen LogP contribution is 2.33. The van der Waals surface area contributed by atoms with Crippen molar-refractivity contribution in [3.8, 4) is 0 Å². The Kier molecular flexibility index (Phi) is 5.17. The normalized spacial score (nSPS) is 16.0. The van der Waals surface area contributed by atoms with Crippen LogP contribution in [-0.2, 0) is 14.3 Å². The molecule has 2 rings (SSSR count). The molecule has 1 fully saturated rings. The Bertz CT molecular complexity index is 753. The highest BCUT2D eigenvalue weighted by Gasteiger charge is 2.44. The van der Waals surface area contributed by atoms with Crippen molar-refractivity contribution in [3.63, 3.8) is 0 Å². The molecule has 0 aliphatic carbocycles. The van der Waals surface area contributed by atoms with Gasteiger partial charge < -0.3 is 15.4 Å². The molecule has 1 aliphatic rings. The molecule has 2 heterocycles. The van der Waals surface area contributed by atoms with E-state index in [1.807, 2.05) is 6.92 Å². The third kappa shape index (κ3) is 3.65. The number of carbonyl (C=O) groups is 4. The Hall–Kier alpha value is -2.42. The fourth-order valence-electron chi connectivity index (χ4n) is 2.44. The summed E-state index contributed by atoms with van der Waals surface area (Å²) >= 11 is 1.25. The molecule has 4 amide bonds. The molecule has 136 valence electrons. The zero-order valence-electron chi connectivity index (χ0n) is 14.8. The number of hydrogen-bond donors (Lipinski definition) is 2. The van der Waals surface area contributed by atoms with E-state index in [1.165, 1.54) is 11.3 Å². The van der Waals surface area contributed by atoms with E-state index < -0.39 is 35.9 Å². The van der Waals surface area contributed by atoms with Crippen LogP contribution in [0.15, 0.2) is 0 Å². The quantitative estimate of drug-likeness (QED) is 0.610. The van der Waals surface area contributed by atoms with Gasteiger partial charge in [-0.15, -0.1) is 11.3 Å². The summed E-state index contributed by atoms with van der Waals surface area (Å²) in [4.78, 5) is 50.1. The number of esters is 1. The van der Waals surface area contributed by atoms with Gasteiger partial charge in [-0.3, -0.25) is 14.5 Å². The first-order valence-electron chi connectivity index (χ1n) is 7.79. The standard InChI is InChI=1S/C16H21N3O5S/c1-6-24-13(21)11-8(2)9(3)25-12(11)17-10(20)7-19-14(22)16(4,5)18-15(19)23/h6-7H2,1-5H3,(H,17,20)(H,18,23). The number of aryl methyl sites for hydroxylation is 1. The van der Waals surface area contributed by atoms with Crippen LogP contribution in [0.3, 0.4) is 0 Å². The number of rotatable bonds is 5. The molecule has 0 unspecified atom stereocenters. The van der Waals surface area contributed by atoms with Crippen molar-refractivity contribution in [2.24, 2.45) is 0 Å². The molecule has 9 heteroatoms. The van der Waals surface area contributed by atoms with Crippen molar-refractivity contribution in [2.45, 2.75) is 40.2 Å². The fraction of sp³-hybridized carbons (Fsp3) is 0.500. The minimum Gasteiger partial charge on any atom is -0.462 e. The van der Waals surface area contributed by atoms with Gasteiger partial charge in [-0.25, -0.2) is 9.59 Å². The summed E-state index contributed by atoms with van der Waals surface area (Å²) in [5, 5.41) is 5.47. The minimum absolute atomic E-state index is 0.220. The lowest BCUT2D eigenvalue weighted by Crippen LogP contribution is -2.41. The van der Waals surface area contributed by atoms with Crippen LogP contribution in [-0.4, -0.2) is 47.4 Å². The minimum atomic E-state index is -1.04. The molecule has 0 aromatic carbocycles. The van der Waals surface area contributed by atoms with Crippen LogP contribution in [0.4, 0.5) is 9.80 Å². The Morgan fingerprint density at radius 3 is 2.44 bits per heavy atom. The number of nitrogens with zero attached hydrogens (tertiary/aromatic N) is 1. The number of ether oxygens (including phenoxy) is 1. The number of anilines is 1. The van der Waals surface area contributed by atoms with Crippen LogP contribution in [0.25, 0.3) is 0 Å². The van der Waals surface area contributed by atoms with Gasteiger partial charge in [0.15, 0.2) is 0 Å². The third-order valence-corrected chi connectivity index (χ3v) is 4.99. The predicted molar refractivity (Wildman–Crippen MR) is 92.7 cm³/mol. The van der Waals surface area contributed by atoms with Gasteiger partial charge >= 0.3 is 12.0 Å². The smallest absolute Gasteiger partial charge is 0.341 e. The van der Waals surface area contributed by atoms with E-state index in [-0.39, 0.29) is 6.61 Å². The summed E-state index contributed by atoms with van der Waals surface area (Å²) < 4.78 is 5.03. The van der Waals surface area contributed by atoms with E-state index in [1.54, 1.807) is 27.7 Å². The van der Waals surface area contributed by atoms with E-state index >= 15 is 0 Å². The van der Waals surface area contributed by atoms with Crippen molar-refractivity contribution in [2.75, 3.05) is 18.5 Å². The first kappa shape index (κ1) is 18.9. The van der Waals surface area contributed by atoms with Crippen molar-refractivity contribution in [1.82, 2.24) is 10.2 Å². The molecule has 0 saturated carbocycles. The van der Waals surface area contributed by atoms with Crippen LogP contribution < -0.4 is 10.6 Å². The summed E-state index contributed by atoms with van der Waals surface area (Å²) in [5.41, 5.74) is -0.00563. The lowest BCUT2D eigenvalue weighted by molar-refractivity contribution is -0.132. The molecule has 0 atom stereocenters. The van der Waals surface area contributed by atoms with E-state index in [2.05, 4.69) is 10.6 Å².